The fourth-order valence-corrected chi connectivity index (χ4v) is 3.43. The normalized spacial score (nSPS) is 10.6. The molecule has 0 radical (unpaired) electrons. The third-order valence-electron chi connectivity index (χ3n) is 3.64. The number of halogens is 1. The van der Waals surface area contributed by atoms with Gasteiger partial charge in [-0.05, 0) is 61.4 Å². The SMILES string of the molecule is Cc1cc(C)cc(NC(=O)CSc2ccc(-c3ccc(Br)cc3)nn2)c1. The molecule has 1 aromatic heterocycles. The average molecular weight is 428 g/mol. The number of amides is 1. The molecule has 1 heterocycles. The van der Waals surface area contributed by atoms with Crippen molar-refractivity contribution in [2.45, 2.75) is 18.9 Å². The van der Waals surface area contributed by atoms with Crippen molar-refractivity contribution in [2.75, 3.05) is 11.1 Å². The predicted molar refractivity (Wildman–Crippen MR) is 110 cm³/mol. The highest BCUT2D eigenvalue weighted by Gasteiger charge is 2.07. The Balaban J connectivity index is 1.57. The van der Waals surface area contributed by atoms with E-state index in [1.54, 1.807) is 0 Å². The van der Waals surface area contributed by atoms with Gasteiger partial charge in [-0.1, -0.05) is 45.9 Å². The summed E-state index contributed by atoms with van der Waals surface area (Å²) in [5, 5.41) is 12.1. The van der Waals surface area contributed by atoms with Gasteiger partial charge in [0.05, 0.1) is 11.4 Å². The first-order valence-corrected chi connectivity index (χ1v) is 9.88. The smallest absolute Gasteiger partial charge is 0.234 e. The summed E-state index contributed by atoms with van der Waals surface area (Å²) in [5.41, 5.74) is 4.89. The summed E-state index contributed by atoms with van der Waals surface area (Å²) >= 11 is 4.79. The zero-order valence-electron chi connectivity index (χ0n) is 14.5. The van der Waals surface area contributed by atoms with Gasteiger partial charge >= 0.3 is 0 Å². The van der Waals surface area contributed by atoms with Gasteiger partial charge in [0.1, 0.15) is 5.03 Å². The van der Waals surface area contributed by atoms with E-state index >= 15 is 0 Å². The van der Waals surface area contributed by atoms with Crippen molar-refractivity contribution in [3.63, 3.8) is 0 Å². The minimum atomic E-state index is -0.0567. The summed E-state index contributed by atoms with van der Waals surface area (Å²) in [6.07, 6.45) is 0. The quantitative estimate of drug-likeness (QED) is 0.564. The van der Waals surface area contributed by atoms with Crippen LogP contribution in [0, 0.1) is 13.8 Å². The number of anilines is 1. The van der Waals surface area contributed by atoms with E-state index in [1.165, 1.54) is 11.8 Å². The van der Waals surface area contributed by atoms with Gasteiger partial charge in [0, 0.05) is 15.7 Å². The number of thioether (sulfide) groups is 1. The number of nitrogens with zero attached hydrogens (tertiary/aromatic N) is 2. The Morgan fingerprint density at radius 3 is 2.31 bits per heavy atom. The van der Waals surface area contributed by atoms with Crippen LogP contribution in [0.5, 0.6) is 0 Å². The first-order chi connectivity index (χ1) is 12.5. The maximum Gasteiger partial charge on any atom is 0.234 e. The van der Waals surface area contributed by atoms with E-state index in [4.69, 9.17) is 0 Å². The van der Waals surface area contributed by atoms with E-state index in [-0.39, 0.29) is 5.91 Å². The van der Waals surface area contributed by atoms with Crippen molar-refractivity contribution >= 4 is 39.3 Å². The van der Waals surface area contributed by atoms with Gasteiger partial charge in [-0.25, -0.2) is 0 Å². The Bertz CT molecular complexity index is 891. The van der Waals surface area contributed by atoms with E-state index < -0.39 is 0 Å². The van der Waals surface area contributed by atoms with Gasteiger partial charge in [-0.2, -0.15) is 0 Å². The molecule has 0 aliphatic carbocycles. The lowest BCUT2D eigenvalue weighted by molar-refractivity contribution is -0.113. The number of nitrogens with one attached hydrogen (secondary N) is 1. The number of benzene rings is 2. The molecular formula is C20H18BrN3OS. The van der Waals surface area contributed by atoms with Crippen molar-refractivity contribution in [2.24, 2.45) is 0 Å². The van der Waals surface area contributed by atoms with Gasteiger partial charge in [0.25, 0.3) is 0 Å². The zero-order chi connectivity index (χ0) is 18.5. The number of hydrogen-bond acceptors (Lipinski definition) is 4. The molecule has 3 rings (SSSR count). The number of carbonyl (C=O) groups excluding carboxylic acids is 1. The molecule has 0 aliphatic rings. The lowest BCUT2D eigenvalue weighted by Crippen LogP contribution is -2.14. The molecular weight excluding hydrogens is 410 g/mol. The van der Waals surface area contributed by atoms with Gasteiger partial charge in [0.15, 0.2) is 0 Å². The largest absolute Gasteiger partial charge is 0.325 e. The number of aryl methyl sites for hydroxylation is 2. The van der Waals surface area contributed by atoms with Crippen molar-refractivity contribution < 1.29 is 4.79 Å². The highest BCUT2D eigenvalue weighted by atomic mass is 79.9. The highest BCUT2D eigenvalue weighted by molar-refractivity contribution is 9.10. The van der Waals surface area contributed by atoms with Crippen molar-refractivity contribution in [1.82, 2.24) is 10.2 Å². The Morgan fingerprint density at radius 1 is 1.00 bits per heavy atom. The van der Waals surface area contributed by atoms with E-state index in [0.29, 0.717) is 5.75 Å². The van der Waals surface area contributed by atoms with Crippen LogP contribution in [-0.4, -0.2) is 21.9 Å². The second-order valence-electron chi connectivity index (χ2n) is 5.98. The third-order valence-corrected chi connectivity index (χ3v) is 5.09. The number of rotatable bonds is 5. The maximum absolute atomic E-state index is 12.1. The number of hydrogen-bond donors (Lipinski definition) is 1. The van der Waals surface area contributed by atoms with Crippen molar-refractivity contribution in [3.05, 3.63) is 70.2 Å². The molecule has 0 saturated carbocycles. The molecule has 1 amide bonds. The Kier molecular flexibility index (Phi) is 6.06. The molecule has 26 heavy (non-hydrogen) atoms. The topological polar surface area (TPSA) is 54.9 Å². The van der Waals surface area contributed by atoms with Gasteiger partial charge in [0.2, 0.25) is 5.91 Å². The summed E-state index contributed by atoms with van der Waals surface area (Å²) in [4.78, 5) is 12.1. The van der Waals surface area contributed by atoms with E-state index in [2.05, 4.69) is 37.5 Å². The van der Waals surface area contributed by atoms with Crippen LogP contribution in [0.25, 0.3) is 11.3 Å². The van der Waals surface area contributed by atoms with Gasteiger partial charge in [-0.3, -0.25) is 4.79 Å². The van der Waals surface area contributed by atoms with Crippen molar-refractivity contribution in [1.29, 1.82) is 0 Å². The van der Waals surface area contributed by atoms with Crippen LogP contribution in [0.2, 0.25) is 0 Å². The molecule has 0 aliphatic heterocycles. The van der Waals surface area contributed by atoms with Crippen LogP contribution in [0.4, 0.5) is 5.69 Å². The van der Waals surface area contributed by atoms with Crippen molar-refractivity contribution in [3.8, 4) is 11.3 Å². The van der Waals surface area contributed by atoms with Crippen LogP contribution in [0.3, 0.4) is 0 Å². The fourth-order valence-electron chi connectivity index (χ4n) is 2.56. The zero-order valence-corrected chi connectivity index (χ0v) is 16.9. The fraction of sp³-hybridized carbons (Fsp3) is 0.150. The average Bonchev–Trinajstić information content (AvgIpc) is 2.60. The van der Waals surface area contributed by atoms with Gasteiger partial charge in [-0.15, -0.1) is 10.2 Å². The van der Waals surface area contributed by atoms with Crippen LogP contribution < -0.4 is 5.32 Å². The molecule has 4 nitrogen and oxygen atoms in total. The third kappa shape index (κ3) is 5.16. The summed E-state index contributed by atoms with van der Waals surface area (Å²) in [6.45, 7) is 4.03. The lowest BCUT2D eigenvalue weighted by Gasteiger charge is -2.07. The molecule has 1 N–H and O–H groups in total. The lowest BCUT2D eigenvalue weighted by atomic mass is 10.1. The minimum absolute atomic E-state index is 0.0567. The molecule has 132 valence electrons. The second kappa shape index (κ2) is 8.47. The summed E-state index contributed by atoms with van der Waals surface area (Å²) in [5.74, 6) is 0.234. The first-order valence-electron chi connectivity index (χ1n) is 8.10. The maximum atomic E-state index is 12.1. The first kappa shape index (κ1) is 18.6. The van der Waals surface area contributed by atoms with Crippen LogP contribution >= 0.6 is 27.7 Å². The summed E-state index contributed by atoms with van der Waals surface area (Å²) < 4.78 is 1.02. The Labute approximate surface area is 165 Å². The molecule has 0 bridgehead atoms. The van der Waals surface area contributed by atoms with Crippen LogP contribution in [-0.2, 0) is 4.79 Å². The number of aromatic nitrogens is 2. The van der Waals surface area contributed by atoms with Crippen LogP contribution in [0.15, 0.2) is 64.1 Å². The number of carbonyl (C=O) groups is 1. The molecule has 0 fully saturated rings. The molecule has 0 atom stereocenters. The Hall–Kier alpha value is -2.18. The molecule has 0 saturated heterocycles. The molecule has 0 unspecified atom stereocenters. The predicted octanol–water partition coefficient (Wildman–Crippen LogP) is 5.25. The summed E-state index contributed by atoms with van der Waals surface area (Å²) in [7, 11) is 0. The molecule has 3 aromatic rings. The molecule has 0 spiro atoms. The highest BCUT2D eigenvalue weighted by Crippen LogP contribution is 2.22. The minimum Gasteiger partial charge on any atom is -0.325 e. The molecule has 6 heteroatoms. The van der Waals surface area contributed by atoms with Gasteiger partial charge < -0.3 is 5.32 Å². The van der Waals surface area contributed by atoms with E-state index in [1.807, 2.05) is 62.4 Å². The monoisotopic (exact) mass is 427 g/mol. The van der Waals surface area contributed by atoms with Crippen LogP contribution in [0.1, 0.15) is 11.1 Å². The summed E-state index contributed by atoms with van der Waals surface area (Å²) in [6, 6.07) is 17.7. The van der Waals surface area contributed by atoms with E-state index in [9.17, 15) is 4.79 Å². The second-order valence-corrected chi connectivity index (χ2v) is 7.89. The molecule has 2 aromatic carbocycles. The Morgan fingerprint density at radius 2 is 1.69 bits per heavy atom. The standard InChI is InChI=1S/C20H18BrN3OS/c1-13-9-14(2)11-17(10-13)22-19(25)12-26-20-8-7-18(23-24-20)15-3-5-16(21)6-4-15/h3-11H,12H2,1-2H3,(H,22,25). The van der Waals surface area contributed by atoms with E-state index in [0.717, 1.165) is 37.6 Å².